The van der Waals surface area contributed by atoms with Crippen LogP contribution in [0.5, 0.6) is 0 Å². The highest BCUT2D eigenvalue weighted by Crippen LogP contribution is 1.92. The Balaban J connectivity index is 4.33. The summed E-state index contributed by atoms with van der Waals surface area (Å²) in [6, 6.07) is 0. The standard InChI is InChI=1S/C8H12N3O4S/c9-3-6(13)10-4-7(14)11(1-2-12)8(15)5-16/h16H,1,3-5,9H2,(H,10,13). The molecule has 0 saturated carbocycles. The minimum absolute atomic E-state index is 0.210. The third-order valence-corrected chi connectivity index (χ3v) is 1.85. The molecule has 0 aromatic carbocycles. The quantitative estimate of drug-likeness (QED) is 0.447. The number of hydrogen-bond acceptors (Lipinski definition) is 6. The average molecular weight is 246 g/mol. The molecular weight excluding hydrogens is 234 g/mol. The van der Waals surface area contributed by atoms with Crippen LogP contribution in [0.1, 0.15) is 0 Å². The summed E-state index contributed by atoms with van der Waals surface area (Å²) in [6.45, 7) is -1.12. The maximum Gasteiger partial charge on any atom is 0.249 e. The summed E-state index contributed by atoms with van der Waals surface area (Å²) in [7, 11) is 0. The number of imide groups is 1. The van der Waals surface area contributed by atoms with E-state index in [1.54, 1.807) is 0 Å². The van der Waals surface area contributed by atoms with E-state index in [4.69, 9.17) is 5.73 Å². The zero-order chi connectivity index (χ0) is 12.6. The van der Waals surface area contributed by atoms with Gasteiger partial charge in [-0.3, -0.25) is 24.1 Å². The first-order valence-electron chi connectivity index (χ1n) is 4.32. The number of rotatable bonds is 6. The molecule has 0 aromatic heterocycles. The first-order valence-corrected chi connectivity index (χ1v) is 4.95. The molecule has 0 spiro atoms. The lowest BCUT2D eigenvalue weighted by Gasteiger charge is -2.16. The molecule has 1 radical (unpaired) electrons. The molecule has 0 bridgehead atoms. The SMILES string of the molecule is NCC(=O)NCC(=O)N(C[C]=O)C(=O)CS. The van der Waals surface area contributed by atoms with Crippen molar-refractivity contribution in [2.45, 2.75) is 0 Å². The summed E-state index contributed by atoms with van der Waals surface area (Å²) in [5.74, 6) is -2.07. The van der Waals surface area contributed by atoms with Crippen LogP contribution in [0, 0.1) is 0 Å². The molecule has 16 heavy (non-hydrogen) atoms. The van der Waals surface area contributed by atoms with Gasteiger partial charge >= 0.3 is 0 Å². The highest BCUT2D eigenvalue weighted by Gasteiger charge is 2.20. The largest absolute Gasteiger partial charge is 0.346 e. The maximum absolute atomic E-state index is 11.4. The second-order valence-electron chi connectivity index (χ2n) is 2.66. The molecule has 89 valence electrons. The number of nitrogens with two attached hydrogens (primary N) is 1. The molecule has 3 amide bonds. The van der Waals surface area contributed by atoms with Crippen LogP contribution < -0.4 is 11.1 Å². The van der Waals surface area contributed by atoms with Crippen LogP contribution in [-0.4, -0.2) is 54.3 Å². The Morgan fingerprint density at radius 1 is 1.31 bits per heavy atom. The fraction of sp³-hybridized carbons (Fsp3) is 0.500. The lowest BCUT2D eigenvalue weighted by Crippen LogP contribution is -2.45. The second-order valence-corrected chi connectivity index (χ2v) is 2.97. The molecule has 0 rings (SSSR count). The maximum atomic E-state index is 11.4. The number of carbonyl (C=O) groups excluding carboxylic acids is 4. The number of nitrogens with zero attached hydrogens (tertiary/aromatic N) is 1. The summed E-state index contributed by atoms with van der Waals surface area (Å²) in [5, 5.41) is 2.19. The Morgan fingerprint density at radius 3 is 2.38 bits per heavy atom. The smallest absolute Gasteiger partial charge is 0.249 e. The summed E-state index contributed by atoms with van der Waals surface area (Å²) in [6.07, 6.45) is 1.43. The zero-order valence-electron chi connectivity index (χ0n) is 8.43. The molecule has 3 N–H and O–H groups in total. The average Bonchev–Trinajstić information content (AvgIpc) is 2.31. The molecule has 0 aliphatic heterocycles. The van der Waals surface area contributed by atoms with Gasteiger partial charge in [-0.15, -0.1) is 0 Å². The first kappa shape index (κ1) is 14.6. The van der Waals surface area contributed by atoms with Crippen molar-refractivity contribution in [3.8, 4) is 0 Å². The molecule has 0 atom stereocenters. The fourth-order valence-electron chi connectivity index (χ4n) is 0.807. The molecular formula is C8H12N3O4S. The molecule has 0 saturated heterocycles. The topological polar surface area (TPSA) is 110 Å². The minimum Gasteiger partial charge on any atom is -0.346 e. The van der Waals surface area contributed by atoms with Crippen molar-refractivity contribution in [2.75, 3.05) is 25.4 Å². The van der Waals surface area contributed by atoms with Crippen LogP contribution in [0.2, 0.25) is 0 Å². The van der Waals surface area contributed by atoms with E-state index < -0.39 is 30.8 Å². The van der Waals surface area contributed by atoms with Crippen molar-refractivity contribution in [1.29, 1.82) is 0 Å². The van der Waals surface area contributed by atoms with Crippen molar-refractivity contribution >= 4 is 36.6 Å². The predicted octanol–water partition coefficient (Wildman–Crippen LogP) is -2.54. The first-order chi connectivity index (χ1) is 7.56. The number of nitrogens with one attached hydrogen (secondary N) is 1. The number of thiol groups is 1. The van der Waals surface area contributed by atoms with E-state index in [-0.39, 0.29) is 12.3 Å². The van der Waals surface area contributed by atoms with E-state index in [1.807, 2.05) is 0 Å². The van der Waals surface area contributed by atoms with Crippen LogP contribution >= 0.6 is 12.6 Å². The van der Waals surface area contributed by atoms with Gasteiger partial charge in [-0.2, -0.15) is 12.6 Å². The molecule has 0 aliphatic rings. The number of amides is 3. The minimum atomic E-state index is -0.704. The monoisotopic (exact) mass is 246 g/mol. The van der Waals surface area contributed by atoms with Gasteiger partial charge in [0.05, 0.1) is 25.4 Å². The van der Waals surface area contributed by atoms with E-state index >= 15 is 0 Å². The molecule has 8 heteroatoms. The summed E-state index contributed by atoms with van der Waals surface area (Å²) < 4.78 is 0. The molecule has 0 unspecified atom stereocenters. The van der Waals surface area contributed by atoms with Gasteiger partial charge in [0.15, 0.2) is 0 Å². The van der Waals surface area contributed by atoms with Gasteiger partial charge in [0.1, 0.15) is 0 Å². The summed E-state index contributed by atoms with van der Waals surface area (Å²) in [5.41, 5.74) is 5.00. The highest BCUT2D eigenvalue weighted by atomic mass is 32.1. The highest BCUT2D eigenvalue weighted by molar-refractivity contribution is 7.81. The van der Waals surface area contributed by atoms with Crippen LogP contribution in [0.25, 0.3) is 0 Å². The Kier molecular flexibility index (Phi) is 7.14. The summed E-state index contributed by atoms with van der Waals surface area (Å²) >= 11 is 3.69. The Hall–Kier alpha value is -1.41. The van der Waals surface area contributed by atoms with Gasteiger partial charge in [-0.05, 0) is 0 Å². The van der Waals surface area contributed by atoms with Gasteiger partial charge < -0.3 is 11.1 Å². The van der Waals surface area contributed by atoms with Crippen molar-refractivity contribution in [3.63, 3.8) is 0 Å². The molecule has 7 nitrogen and oxygen atoms in total. The van der Waals surface area contributed by atoms with E-state index in [1.165, 1.54) is 6.29 Å². The van der Waals surface area contributed by atoms with Gasteiger partial charge in [-0.1, -0.05) is 0 Å². The fourth-order valence-corrected chi connectivity index (χ4v) is 0.978. The van der Waals surface area contributed by atoms with Gasteiger partial charge in [0.2, 0.25) is 24.0 Å². The van der Waals surface area contributed by atoms with E-state index in [0.29, 0.717) is 4.90 Å². The van der Waals surface area contributed by atoms with Crippen LogP contribution in [-0.2, 0) is 19.2 Å². The van der Waals surface area contributed by atoms with Gasteiger partial charge in [0, 0.05) is 0 Å². The predicted molar refractivity (Wildman–Crippen MR) is 58.3 cm³/mol. The molecule has 0 aliphatic carbocycles. The summed E-state index contributed by atoms with van der Waals surface area (Å²) in [4.78, 5) is 44.1. The Morgan fingerprint density at radius 2 is 1.94 bits per heavy atom. The molecule has 0 heterocycles. The lowest BCUT2D eigenvalue weighted by atomic mass is 10.4. The van der Waals surface area contributed by atoms with Gasteiger partial charge in [0.25, 0.3) is 0 Å². The van der Waals surface area contributed by atoms with Crippen LogP contribution in [0.4, 0.5) is 0 Å². The third kappa shape index (κ3) is 4.89. The van der Waals surface area contributed by atoms with Crippen molar-refractivity contribution in [2.24, 2.45) is 5.73 Å². The van der Waals surface area contributed by atoms with Crippen molar-refractivity contribution < 1.29 is 19.2 Å². The lowest BCUT2D eigenvalue weighted by molar-refractivity contribution is -0.142. The Bertz CT molecular complexity index is 295. The molecule has 0 aromatic rings. The van der Waals surface area contributed by atoms with E-state index in [2.05, 4.69) is 17.9 Å². The third-order valence-electron chi connectivity index (χ3n) is 1.58. The molecule has 0 fully saturated rings. The van der Waals surface area contributed by atoms with E-state index in [0.717, 1.165) is 0 Å². The Labute approximate surface area is 97.7 Å². The van der Waals surface area contributed by atoms with Crippen LogP contribution in [0.3, 0.4) is 0 Å². The van der Waals surface area contributed by atoms with Crippen LogP contribution in [0.15, 0.2) is 0 Å². The normalized spacial score (nSPS) is 9.38. The second kappa shape index (κ2) is 7.83. The number of carbonyl (C=O) groups is 3. The zero-order valence-corrected chi connectivity index (χ0v) is 9.33. The van der Waals surface area contributed by atoms with Crippen molar-refractivity contribution in [1.82, 2.24) is 10.2 Å². The number of hydrogen-bond donors (Lipinski definition) is 3. The van der Waals surface area contributed by atoms with Gasteiger partial charge in [-0.25, -0.2) is 0 Å². The van der Waals surface area contributed by atoms with E-state index in [9.17, 15) is 19.2 Å². The van der Waals surface area contributed by atoms with Crippen molar-refractivity contribution in [3.05, 3.63) is 0 Å².